The van der Waals surface area contributed by atoms with Crippen LogP contribution in [0.25, 0.3) is 0 Å². The maximum Gasteiger partial charge on any atom is 0.184 e. The van der Waals surface area contributed by atoms with E-state index in [2.05, 4.69) is 11.8 Å². The number of alkyl halides is 1. The molecule has 0 aliphatic carbocycles. The molecule has 1 atom stereocenters. The molecule has 1 aromatic carbocycles. The van der Waals surface area contributed by atoms with Gasteiger partial charge in [-0.3, -0.25) is 0 Å². The van der Waals surface area contributed by atoms with Crippen LogP contribution in [0.3, 0.4) is 0 Å². The van der Waals surface area contributed by atoms with Crippen molar-refractivity contribution in [3.05, 3.63) is 35.4 Å². The van der Waals surface area contributed by atoms with Crippen LogP contribution in [0.1, 0.15) is 17.4 Å². The Morgan fingerprint density at radius 2 is 2.06 bits per heavy atom. The fourth-order valence-electron chi connectivity index (χ4n) is 1.90. The summed E-state index contributed by atoms with van der Waals surface area (Å²) in [6.45, 7) is 1.21. The van der Waals surface area contributed by atoms with Crippen molar-refractivity contribution in [1.82, 2.24) is 0 Å². The maximum absolute atomic E-state index is 9.79. The van der Waals surface area contributed by atoms with E-state index in [0.717, 1.165) is 11.1 Å². The zero-order chi connectivity index (χ0) is 12.8. The van der Waals surface area contributed by atoms with E-state index in [1.54, 1.807) is 0 Å². The van der Waals surface area contributed by atoms with Gasteiger partial charge >= 0.3 is 0 Å². The summed E-state index contributed by atoms with van der Waals surface area (Å²) in [5.74, 6) is 5.58. The van der Waals surface area contributed by atoms with Gasteiger partial charge in [0.1, 0.15) is 6.10 Å². The van der Waals surface area contributed by atoms with Gasteiger partial charge in [-0.05, 0) is 5.56 Å². The van der Waals surface area contributed by atoms with Crippen LogP contribution in [0, 0.1) is 11.8 Å². The molecule has 1 aliphatic rings. The van der Waals surface area contributed by atoms with Crippen molar-refractivity contribution in [2.45, 2.75) is 18.8 Å². The van der Waals surface area contributed by atoms with Gasteiger partial charge < -0.3 is 14.6 Å². The molecule has 96 valence electrons. The van der Waals surface area contributed by atoms with Gasteiger partial charge in [-0.15, -0.1) is 11.6 Å². The molecule has 0 aromatic heterocycles. The first-order valence-electron chi connectivity index (χ1n) is 5.84. The van der Waals surface area contributed by atoms with Crippen LogP contribution in [0.4, 0.5) is 0 Å². The zero-order valence-electron chi connectivity index (χ0n) is 9.93. The monoisotopic (exact) mass is 266 g/mol. The normalized spacial score (nSPS) is 17.2. The molecular formula is C14H15ClO3. The van der Waals surface area contributed by atoms with Crippen LogP contribution in [0.5, 0.6) is 0 Å². The Balaban J connectivity index is 2.11. The third-order valence-electron chi connectivity index (χ3n) is 2.68. The number of aliphatic hydroxyl groups excluding tert-OH is 1. The van der Waals surface area contributed by atoms with Crippen molar-refractivity contribution in [2.75, 3.05) is 19.1 Å². The van der Waals surface area contributed by atoms with E-state index >= 15 is 0 Å². The standard InChI is InChI=1S/C14H15ClO3/c15-7-3-5-12(16)10-11-4-1-2-6-13(11)14-17-8-9-18-14/h1-2,4,6,12,14,16H,7-10H2. The van der Waals surface area contributed by atoms with E-state index in [4.69, 9.17) is 21.1 Å². The average Bonchev–Trinajstić information content (AvgIpc) is 2.91. The van der Waals surface area contributed by atoms with Crippen LogP contribution >= 0.6 is 11.6 Å². The Morgan fingerprint density at radius 3 is 2.78 bits per heavy atom. The first kappa shape index (κ1) is 13.4. The molecule has 0 spiro atoms. The first-order chi connectivity index (χ1) is 8.81. The van der Waals surface area contributed by atoms with Gasteiger partial charge in [0.15, 0.2) is 6.29 Å². The van der Waals surface area contributed by atoms with Crippen molar-refractivity contribution >= 4 is 11.6 Å². The molecule has 1 unspecified atom stereocenters. The van der Waals surface area contributed by atoms with Gasteiger partial charge in [-0.2, -0.15) is 0 Å². The Morgan fingerprint density at radius 1 is 1.33 bits per heavy atom. The molecule has 1 fully saturated rings. The number of hydrogen-bond donors (Lipinski definition) is 1. The van der Waals surface area contributed by atoms with Crippen molar-refractivity contribution < 1.29 is 14.6 Å². The lowest BCUT2D eigenvalue weighted by Crippen LogP contribution is -2.11. The molecular weight excluding hydrogens is 252 g/mol. The molecule has 0 radical (unpaired) electrons. The van der Waals surface area contributed by atoms with Crippen LogP contribution in [0.2, 0.25) is 0 Å². The Labute approximate surface area is 112 Å². The highest BCUT2D eigenvalue weighted by atomic mass is 35.5. The van der Waals surface area contributed by atoms with E-state index in [9.17, 15) is 5.11 Å². The van der Waals surface area contributed by atoms with Crippen molar-refractivity contribution in [3.8, 4) is 11.8 Å². The fraction of sp³-hybridized carbons (Fsp3) is 0.429. The van der Waals surface area contributed by atoms with E-state index in [0.29, 0.717) is 19.6 Å². The molecule has 1 heterocycles. The molecule has 1 aliphatic heterocycles. The SMILES string of the molecule is OC(C#CCCl)Cc1ccccc1C1OCCO1. The Bertz CT molecular complexity index is 444. The topological polar surface area (TPSA) is 38.7 Å². The smallest absolute Gasteiger partial charge is 0.184 e. The molecule has 4 heteroatoms. The maximum atomic E-state index is 9.79. The Kier molecular flexibility index (Phi) is 5.03. The molecule has 1 saturated heterocycles. The minimum Gasteiger partial charge on any atom is -0.380 e. The lowest BCUT2D eigenvalue weighted by Gasteiger charge is -2.15. The summed E-state index contributed by atoms with van der Waals surface area (Å²) in [5.41, 5.74) is 1.95. The Hall–Kier alpha value is -1.05. The van der Waals surface area contributed by atoms with Crippen molar-refractivity contribution in [3.63, 3.8) is 0 Å². The van der Waals surface area contributed by atoms with Crippen LogP contribution in [0.15, 0.2) is 24.3 Å². The number of rotatable bonds is 3. The molecule has 1 aromatic rings. The summed E-state index contributed by atoms with van der Waals surface area (Å²) in [6, 6.07) is 7.76. The third-order valence-corrected chi connectivity index (χ3v) is 2.81. The summed E-state index contributed by atoms with van der Waals surface area (Å²) >= 11 is 5.46. The summed E-state index contributed by atoms with van der Waals surface area (Å²) in [4.78, 5) is 0. The minimum absolute atomic E-state index is 0.230. The van der Waals surface area contributed by atoms with Gasteiger partial charge in [0.25, 0.3) is 0 Å². The van der Waals surface area contributed by atoms with Crippen LogP contribution in [-0.4, -0.2) is 30.3 Å². The quantitative estimate of drug-likeness (QED) is 0.671. The zero-order valence-corrected chi connectivity index (χ0v) is 10.7. The average molecular weight is 267 g/mol. The molecule has 0 saturated carbocycles. The van der Waals surface area contributed by atoms with E-state index in [1.165, 1.54) is 0 Å². The van der Waals surface area contributed by atoms with Gasteiger partial charge in [0.2, 0.25) is 0 Å². The third kappa shape index (κ3) is 3.47. The van der Waals surface area contributed by atoms with E-state index in [1.807, 2.05) is 24.3 Å². The number of halogens is 1. The molecule has 3 nitrogen and oxygen atoms in total. The highest BCUT2D eigenvalue weighted by Gasteiger charge is 2.21. The van der Waals surface area contributed by atoms with Crippen molar-refractivity contribution in [2.24, 2.45) is 0 Å². The number of aliphatic hydroxyl groups is 1. The minimum atomic E-state index is -0.716. The first-order valence-corrected chi connectivity index (χ1v) is 6.38. The molecule has 0 amide bonds. The van der Waals surface area contributed by atoms with E-state index < -0.39 is 6.10 Å². The summed E-state index contributed by atoms with van der Waals surface area (Å²) in [6.07, 6.45) is -0.593. The number of benzene rings is 1. The summed E-state index contributed by atoms with van der Waals surface area (Å²) < 4.78 is 11.0. The highest BCUT2D eigenvalue weighted by Crippen LogP contribution is 2.26. The second-order valence-corrected chi connectivity index (χ2v) is 4.21. The summed E-state index contributed by atoms with van der Waals surface area (Å²) in [5, 5.41) is 9.79. The van der Waals surface area contributed by atoms with Crippen LogP contribution in [-0.2, 0) is 15.9 Å². The molecule has 18 heavy (non-hydrogen) atoms. The van der Waals surface area contributed by atoms with E-state index in [-0.39, 0.29) is 12.2 Å². The predicted molar refractivity (Wildman–Crippen MR) is 69.3 cm³/mol. The number of ether oxygens (including phenoxy) is 2. The van der Waals surface area contributed by atoms with Gasteiger partial charge in [0.05, 0.1) is 19.1 Å². The van der Waals surface area contributed by atoms with Gasteiger partial charge in [0, 0.05) is 12.0 Å². The van der Waals surface area contributed by atoms with Gasteiger partial charge in [-0.25, -0.2) is 0 Å². The predicted octanol–water partition coefficient (Wildman–Crippen LogP) is 1.88. The number of hydrogen-bond acceptors (Lipinski definition) is 3. The lowest BCUT2D eigenvalue weighted by atomic mass is 10.0. The second-order valence-electron chi connectivity index (χ2n) is 3.95. The van der Waals surface area contributed by atoms with Crippen molar-refractivity contribution in [1.29, 1.82) is 0 Å². The van der Waals surface area contributed by atoms with Crippen LogP contribution < -0.4 is 0 Å². The lowest BCUT2D eigenvalue weighted by molar-refractivity contribution is -0.0448. The highest BCUT2D eigenvalue weighted by molar-refractivity contribution is 6.19. The molecule has 2 rings (SSSR count). The second kappa shape index (κ2) is 6.77. The molecule has 1 N–H and O–H groups in total. The molecule has 0 bridgehead atoms. The summed E-state index contributed by atoms with van der Waals surface area (Å²) in [7, 11) is 0. The largest absolute Gasteiger partial charge is 0.380 e. The van der Waals surface area contributed by atoms with Gasteiger partial charge in [-0.1, -0.05) is 36.1 Å². The fourth-order valence-corrected chi connectivity index (χ4v) is 1.98.